The van der Waals surface area contributed by atoms with Crippen molar-refractivity contribution < 1.29 is 13.2 Å². The SMILES string of the molecule is CN(C)c1ncccc1CNC(=O)N[C@@H]1CCS(=O)(=O)C1. The van der Waals surface area contributed by atoms with Crippen molar-refractivity contribution in [2.75, 3.05) is 30.5 Å². The second-order valence-corrected chi connectivity index (χ2v) is 7.54. The topological polar surface area (TPSA) is 91.4 Å². The third-order valence-electron chi connectivity index (χ3n) is 3.30. The van der Waals surface area contributed by atoms with Crippen LogP contribution in [-0.2, 0) is 16.4 Å². The van der Waals surface area contributed by atoms with Crippen LogP contribution >= 0.6 is 0 Å². The molecule has 0 radical (unpaired) electrons. The minimum absolute atomic E-state index is 0.0241. The fourth-order valence-corrected chi connectivity index (χ4v) is 3.97. The van der Waals surface area contributed by atoms with Gasteiger partial charge in [0.2, 0.25) is 0 Å². The summed E-state index contributed by atoms with van der Waals surface area (Å²) in [6, 6.07) is 3.05. The summed E-state index contributed by atoms with van der Waals surface area (Å²) in [6.07, 6.45) is 2.17. The van der Waals surface area contributed by atoms with E-state index < -0.39 is 9.84 Å². The van der Waals surface area contributed by atoms with E-state index in [1.54, 1.807) is 6.20 Å². The minimum atomic E-state index is -2.99. The highest BCUT2D eigenvalue weighted by atomic mass is 32.2. The second kappa shape index (κ2) is 6.30. The summed E-state index contributed by atoms with van der Waals surface area (Å²) < 4.78 is 22.7. The molecule has 0 spiro atoms. The van der Waals surface area contributed by atoms with Crippen molar-refractivity contribution in [3.05, 3.63) is 23.9 Å². The molecule has 0 bridgehead atoms. The Morgan fingerprint density at radius 3 is 2.86 bits per heavy atom. The summed E-state index contributed by atoms with van der Waals surface area (Å²) in [5.74, 6) is 0.961. The van der Waals surface area contributed by atoms with Gasteiger partial charge in [0.05, 0.1) is 11.5 Å². The molecule has 1 aliphatic heterocycles. The summed E-state index contributed by atoms with van der Waals surface area (Å²) in [6.45, 7) is 0.340. The minimum Gasteiger partial charge on any atom is -0.362 e. The summed E-state index contributed by atoms with van der Waals surface area (Å²) in [4.78, 5) is 17.9. The number of anilines is 1. The molecule has 8 heteroatoms. The van der Waals surface area contributed by atoms with Crippen LogP contribution in [0, 0.1) is 0 Å². The van der Waals surface area contributed by atoms with Gasteiger partial charge in [0.15, 0.2) is 9.84 Å². The zero-order valence-electron chi connectivity index (χ0n) is 12.2. The number of sulfone groups is 1. The van der Waals surface area contributed by atoms with Crippen LogP contribution in [0.5, 0.6) is 0 Å². The van der Waals surface area contributed by atoms with Crippen LogP contribution in [0.2, 0.25) is 0 Å². The molecule has 1 saturated heterocycles. The zero-order valence-corrected chi connectivity index (χ0v) is 13.0. The lowest BCUT2D eigenvalue weighted by Crippen LogP contribution is -2.42. The van der Waals surface area contributed by atoms with Crippen molar-refractivity contribution in [3.63, 3.8) is 0 Å². The highest BCUT2D eigenvalue weighted by Crippen LogP contribution is 2.14. The second-order valence-electron chi connectivity index (χ2n) is 5.31. The number of carbonyl (C=O) groups excluding carboxylic acids is 1. The van der Waals surface area contributed by atoms with E-state index in [2.05, 4.69) is 15.6 Å². The standard InChI is InChI=1S/C13H20N4O3S/c1-17(2)12-10(4-3-6-14-12)8-15-13(18)16-11-5-7-21(19,20)9-11/h3-4,6,11H,5,7-9H2,1-2H3,(H2,15,16,18)/t11-/m1/s1. The fourth-order valence-electron chi connectivity index (χ4n) is 2.29. The lowest BCUT2D eigenvalue weighted by molar-refractivity contribution is 0.237. The molecule has 116 valence electrons. The van der Waals surface area contributed by atoms with Crippen LogP contribution in [0.15, 0.2) is 18.3 Å². The molecule has 7 nitrogen and oxygen atoms in total. The van der Waals surface area contributed by atoms with Gasteiger partial charge in [-0.3, -0.25) is 0 Å². The first-order valence-corrected chi connectivity index (χ1v) is 8.55. The summed E-state index contributed by atoms with van der Waals surface area (Å²) in [5.41, 5.74) is 0.900. The van der Waals surface area contributed by atoms with E-state index in [-0.39, 0.29) is 23.6 Å². The Morgan fingerprint density at radius 2 is 2.24 bits per heavy atom. The number of hydrogen-bond acceptors (Lipinski definition) is 5. The van der Waals surface area contributed by atoms with Crippen LogP contribution < -0.4 is 15.5 Å². The van der Waals surface area contributed by atoms with Crippen molar-refractivity contribution in [2.24, 2.45) is 0 Å². The molecule has 2 heterocycles. The third kappa shape index (κ3) is 4.32. The van der Waals surface area contributed by atoms with Gasteiger partial charge < -0.3 is 15.5 Å². The Morgan fingerprint density at radius 1 is 1.48 bits per heavy atom. The van der Waals surface area contributed by atoms with Gasteiger partial charge in [-0.2, -0.15) is 0 Å². The predicted octanol–water partition coefficient (Wildman–Crippen LogP) is 0.134. The Balaban J connectivity index is 1.87. The van der Waals surface area contributed by atoms with E-state index in [0.29, 0.717) is 13.0 Å². The molecule has 1 aliphatic rings. The number of pyridine rings is 1. The fraction of sp³-hybridized carbons (Fsp3) is 0.538. The van der Waals surface area contributed by atoms with Gasteiger partial charge >= 0.3 is 6.03 Å². The van der Waals surface area contributed by atoms with Gasteiger partial charge in [0.1, 0.15) is 5.82 Å². The molecule has 21 heavy (non-hydrogen) atoms. The van der Waals surface area contributed by atoms with Gasteiger partial charge in [-0.05, 0) is 12.5 Å². The smallest absolute Gasteiger partial charge is 0.315 e. The molecule has 2 rings (SSSR count). The highest BCUT2D eigenvalue weighted by molar-refractivity contribution is 7.91. The molecule has 0 aromatic carbocycles. The average Bonchev–Trinajstić information content (AvgIpc) is 2.75. The molecule has 2 amide bonds. The Bertz CT molecular complexity index is 616. The first kappa shape index (κ1) is 15.6. The number of urea groups is 1. The van der Waals surface area contributed by atoms with E-state index in [4.69, 9.17) is 0 Å². The van der Waals surface area contributed by atoms with Crippen LogP contribution in [0.3, 0.4) is 0 Å². The molecule has 0 unspecified atom stereocenters. The van der Waals surface area contributed by atoms with E-state index in [1.165, 1.54) is 0 Å². The van der Waals surface area contributed by atoms with E-state index in [9.17, 15) is 13.2 Å². The van der Waals surface area contributed by atoms with Crippen molar-refractivity contribution in [1.82, 2.24) is 15.6 Å². The van der Waals surface area contributed by atoms with Gasteiger partial charge in [-0.25, -0.2) is 18.2 Å². The van der Waals surface area contributed by atoms with E-state index in [1.807, 2.05) is 31.1 Å². The number of rotatable bonds is 4. The maximum atomic E-state index is 11.8. The molecular formula is C13H20N4O3S. The molecule has 1 aromatic rings. The quantitative estimate of drug-likeness (QED) is 0.825. The normalized spacial score (nSPS) is 20.0. The lowest BCUT2D eigenvalue weighted by Gasteiger charge is -2.17. The highest BCUT2D eigenvalue weighted by Gasteiger charge is 2.28. The summed E-state index contributed by atoms with van der Waals surface area (Å²) >= 11 is 0. The molecule has 1 fully saturated rings. The maximum Gasteiger partial charge on any atom is 0.315 e. The summed E-state index contributed by atoms with van der Waals surface area (Å²) in [5, 5.41) is 5.43. The Kier molecular flexibility index (Phi) is 4.66. The van der Waals surface area contributed by atoms with Crippen molar-refractivity contribution in [1.29, 1.82) is 0 Å². The monoisotopic (exact) mass is 312 g/mol. The molecule has 1 atom stereocenters. The zero-order chi connectivity index (χ0) is 15.5. The number of nitrogens with one attached hydrogen (secondary N) is 2. The van der Waals surface area contributed by atoms with Gasteiger partial charge in [-0.15, -0.1) is 0 Å². The summed E-state index contributed by atoms with van der Waals surface area (Å²) in [7, 11) is 0.783. The van der Waals surface area contributed by atoms with Crippen molar-refractivity contribution in [3.8, 4) is 0 Å². The van der Waals surface area contributed by atoms with Crippen LogP contribution in [-0.4, -0.2) is 51.1 Å². The number of amides is 2. The number of nitrogens with zero attached hydrogens (tertiary/aromatic N) is 2. The molecule has 0 saturated carbocycles. The van der Waals surface area contributed by atoms with Crippen molar-refractivity contribution >= 4 is 21.7 Å². The first-order chi connectivity index (χ1) is 9.87. The van der Waals surface area contributed by atoms with Crippen LogP contribution in [0.1, 0.15) is 12.0 Å². The predicted molar refractivity (Wildman–Crippen MR) is 81.0 cm³/mol. The largest absolute Gasteiger partial charge is 0.362 e. The Labute approximate surface area is 124 Å². The van der Waals surface area contributed by atoms with E-state index in [0.717, 1.165) is 11.4 Å². The average molecular weight is 312 g/mol. The molecule has 0 aliphatic carbocycles. The lowest BCUT2D eigenvalue weighted by atomic mass is 10.2. The van der Waals surface area contributed by atoms with Crippen LogP contribution in [0.4, 0.5) is 10.6 Å². The first-order valence-electron chi connectivity index (χ1n) is 6.73. The van der Waals surface area contributed by atoms with Crippen molar-refractivity contribution in [2.45, 2.75) is 19.0 Å². The number of aromatic nitrogens is 1. The van der Waals surface area contributed by atoms with E-state index >= 15 is 0 Å². The Hall–Kier alpha value is -1.83. The number of carbonyl (C=O) groups is 1. The molecule has 1 aromatic heterocycles. The van der Waals surface area contributed by atoms with Gasteiger partial charge in [0.25, 0.3) is 0 Å². The third-order valence-corrected chi connectivity index (χ3v) is 5.07. The number of hydrogen-bond donors (Lipinski definition) is 2. The maximum absolute atomic E-state index is 11.8. The van der Waals surface area contributed by atoms with Gasteiger partial charge in [-0.1, -0.05) is 6.07 Å². The van der Waals surface area contributed by atoms with Gasteiger partial charge in [0, 0.05) is 38.4 Å². The molecule has 2 N–H and O–H groups in total. The molecular weight excluding hydrogens is 292 g/mol. The van der Waals surface area contributed by atoms with Crippen LogP contribution in [0.25, 0.3) is 0 Å².